The van der Waals surface area contributed by atoms with E-state index in [1.165, 1.54) is 11.1 Å². The lowest BCUT2D eigenvalue weighted by molar-refractivity contribution is -0.122. The summed E-state index contributed by atoms with van der Waals surface area (Å²) < 4.78 is 5.53. The Morgan fingerprint density at radius 3 is 2.10 bits per heavy atom. The molecule has 0 N–H and O–H groups in total. The van der Waals surface area contributed by atoms with Crippen LogP contribution in [0.3, 0.4) is 0 Å². The van der Waals surface area contributed by atoms with Gasteiger partial charge in [-0.2, -0.15) is 0 Å². The zero-order valence-electron chi connectivity index (χ0n) is 11.6. The number of benzene rings is 2. The first-order chi connectivity index (χ1) is 9.72. The molecule has 0 amide bonds. The van der Waals surface area contributed by atoms with E-state index in [4.69, 9.17) is 4.74 Å². The molecule has 2 nitrogen and oxygen atoms in total. The van der Waals surface area contributed by atoms with Crippen LogP contribution in [0.2, 0.25) is 0 Å². The van der Waals surface area contributed by atoms with Crippen LogP contribution in [0.1, 0.15) is 18.4 Å². The van der Waals surface area contributed by atoms with E-state index in [9.17, 15) is 4.79 Å². The van der Waals surface area contributed by atoms with Crippen molar-refractivity contribution in [1.82, 2.24) is 0 Å². The number of carbonyl (C=O) groups is 1. The van der Waals surface area contributed by atoms with Crippen molar-refractivity contribution in [3.63, 3.8) is 0 Å². The molecule has 2 aromatic rings. The highest BCUT2D eigenvalue weighted by Crippen LogP contribution is 2.30. The number of carbonyl (C=O) groups excluding carboxylic acids is 1. The maximum atomic E-state index is 11.6. The van der Waals surface area contributed by atoms with E-state index in [0.29, 0.717) is 0 Å². The molecule has 1 aliphatic carbocycles. The fourth-order valence-electron chi connectivity index (χ4n) is 2.17. The van der Waals surface area contributed by atoms with Gasteiger partial charge in [0.15, 0.2) is 5.78 Å². The summed E-state index contributed by atoms with van der Waals surface area (Å²) in [6.07, 6.45) is 2.07. The van der Waals surface area contributed by atoms with Gasteiger partial charge in [-0.25, -0.2) is 0 Å². The van der Waals surface area contributed by atoms with E-state index < -0.39 is 0 Å². The first-order valence-electron chi connectivity index (χ1n) is 7.05. The zero-order valence-corrected chi connectivity index (χ0v) is 11.6. The Bertz CT molecular complexity index is 592. The average Bonchev–Trinajstić information content (AvgIpc) is 3.31. The molecular formula is C18H18O2. The fourth-order valence-corrected chi connectivity index (χ4v) is 2.17. The van der Waals surface area contributed by atoms with Gasteiger partial charge in [-0.1, -0.05) is 42.0 Å². The Hall–Kier alpha value is -2.09. The molecule has 1 aliphatic rings. The average molecular weight is 266 g/mol. The van der Waals surface area contributed by atoms with E-state index in [2.05, 4.69) is 31.2 Å². The second-order valence-corrected chi connectivity index (χ2v) is 5.42. The van der Waals surface area contributed by atoms with Crippen molar-refractivity contribution >= 4 is 5.78 Å². The number of aryl methyl sites for hydroxylation is 1. The highest BCUT2D eigenvalue weighted by Gasteiger charge is 2.29. The van der Waals surface area contributed by atoms with Crippen molar-refractivity contribution in [2.24, 2.45) is 5.92 Å². The summed E-state index contributed by atoms with van der Waals surface area (Å²) in [5.74, 6) is 1.25. The van der Waals surface area contributed by atoms with Crippen LogP contribution in [-0.2, 0) is 4.79 Å². The zero-order chi connectivity index (χ0) is 13.9. The predicted molar refractivity (Wildman–Crippen MR) is 79.8 cm³/mol. The number of ketones is 1. The minimum atomic E-state index is 0.203. The second kappa shape index (κ2) is 5.49. The van der Waals surface area contributed by atoms with Crippen molar-refractivity contribution in [3.05, 3.63) is 54.1 Å². The van der Waals surface area contributed by atoms with Crippen LogP contribution in [0, 0.1) is 12.8 Å². The summed E-state index contributed by atoms with van der Waals surface area (Å²) in [6.45, 7) is 2.28. The molecule has 3 rings (SSSR count). The monoisotopic (exact) mass is 266 g/mol. The Morgan fingerprint density at radius 2 is 1.55 bits per heavy atom. The summed E-state index contributed by atoms with van der Waals surface area (Å²) in [6, 6.07) is 16.3. The highest BCUT2D eigenvalue weighted by molar-refractivity contribution is 5.84. The van der Waals surface area contributed by atoms with Gasteiger partial charge in [-0.3, -0.25) is 4.79 Å². The Morgan fingerprint density at radius 1 is 1.00 bits per heavy atom. The van der Waals surface area contributed by atoms with Gasteiger partial charge in [0.1, 0.15) is 12.4 Å². The molecule has 0 unspecified atom stereocenters. The maximum absolute atomic E-state index is 11.6. The van der Waals surface area contributed by atoms with Crippen LogP contribution in [0.4, 0.5) is 0 Å². The fraction of sp³-hybridized carbons (Fsp3) is 0.278. The molecule has 20 heavy (non-hydrogen) atoms. The topological polar surface area (TPSA) is 26.3 Å². The van der Waals surface area contributed by atoms with Crippen LogP contribution < -0.4 is 4.74 Å². The van der Waals surface area contributed by atoms with E-state index in [1.807, 2.05) is 24.3 Å². The third kappa shape index (κ3) is 3.08. The maximum Gasteiger partial charge on any atom is 0.173 e. The predicted octanol–water partition coefficient (Wildman–Crippen LogP) is 4.02. The van der Waals surface area contributed by atoms with Crippen molar-refractivity contribution in [2.45, 2.75) is 19.8 Å². The minimum absolute atomic E-state index is 0.203. The van der Waals surface area contributed by atoms with Crippen LogP contribution in [0.25, 0.3) is 11.1 Å². The molecule has 1 fully saturated rings. The largest absolute Gasteiger partial charge is 0.486 e. The Kier molecular flexibility index (Phi) is 3.55. The van der Waals surface area contributed by atoms with Gasteiger partial charge in [0.2, 0.25) is 0 Å². The van der Waals surface area contributed by atoms with Crippen molar-refractivity contribution in [2.75, 3.05) is 6.61 Å². The number of Topliss-reactive ketones (excluding diaryl/α,β-unsaturated/α-hetero) is 1. The standard InChI is InChI=1S/C18H18O2/c1-13-2-4-14(5-3-13)15-8-10-17(11-9-15)20-12-18(19)16-6-7-16/h2-5,8-11,16H,6-7,12H2,1H3. The molecule has 0 atom stereocenters. The smallest absolute Gasteiger partial charge is 0.173 e. The number of rotatable bonds is 5. The summed E-state index contributed by atoms with van der Waals surface area (Å²) in [4.78, 5) is 11.6. The van der Waals surface area contributed by atoms with E-state index in [0.717, 1.165) is 24.2 Å². The Balaban J connectivity index is 1.64. The molecule has 0 spiro atoms. The molecule has 2 aromatic carbocycles. The molecule has 0 radical (unpaired) electrons. The summed E-state index contributed by atoms with van der Waals surface area (Å²) in [7, 11) is 0. The van der Waals surface area contributed by atoms with Crippen molar-refractivity contribution in [3.8, 4) is 16.9 Å². The van der Waals surface area contributed by atoms with E-state index in [-0.39, 0.29) is 18.3 Å². The van der Waals surface area contributed by atoms with Crippen LogP contribution in [-0.4, -0.2) is 12.4 Å². The first kappa shape index (κ1) is 12.9. The van der Waals surface area contributed by atoms with Gasteiger partial charge in [-0.15, -0.1) is 0 Å². The summed E-state index contributed by atoms with van der Waals surface area (Å²) in [5, 5.41) is 0. The molecule has 0 heterocycles. The van der Waals surface area contributed by atoms with E-state index >= 15 is 0 Å². The molecule has 2 heteroatoms. The third-order valence-corrected chi connectivity index (χ3v) is 3.65. The number of ether oxygens (including phenoxy) is 1. The van der Waals surface area contributed by atoms with Crippen molar-refractivity contribution < 1.29 is 9.53 Å². The molecule has 1 saturated carbocycles. The Labute approximate surface area is 119 Å². The number of hydrogen-bond acceptors (Lipinski definition) is 2. The number of hydrogen-bond donors (Lipinski definition) is 0. The van der Waals surface area contributed by atoms with Gasteiger partial charge in [0.25, 0.3) is 0 Å². The van der Waals surface area contributed by atoms with E-state index in [1.54, 1.807) is 0 Å². The van der Waals surface area contributed by atoms with Crippen LogP contribution >= 0.6 is 0 Å². The lowest BCUT2D eigenvalue weighted by Gasteiger charge is -2.07. The molecular weight excluding hydrogens is 248 g/mol. The molecule has 0 saturated heterocycles. The van der Waals surface area contributed by atoms with Gasteiger partial charge in [0, 0.05) is 5.92 Å². The highest BCUT2D eigenvalue weighted by atomic mass is 16.5. The summed E-state index contributed by atoms with van der Waals surface area (Å²) in [5.41, 5.74) is 3.61. The molecule has 0 aromatic heterocycles. The van der Waals surface area contributed by atoms with Crippen molar-refractivity contribution in [1.29, 1.82) is 0 Å². The lowest BCUT2D eigenvalue weighted by atomic mass is 10.0. The summed E-state index contributed by atoms with van der Waals surface area (Å²) >= 11 is 0. The normalized spacial score (nSPS) is 14.1. The third-order valence-electron chi connectivity index (χ3n) is 3.65. The molecule has 0 bridgehead atoms. The quantitative estimate of drug-likeness (QED) is 0.817. The molecule has 102 valence electrons. The van der Waals surface area contributed by atoms with Gasteiger partial charge >= 0.3 is 0 Å². The van der Waals surface area contributed by atoms with Gasteiger partial charge < -0.3 is 4.74 Å². The first-order valence-corrected chi connectivity index (χ1v) is 7.05. The lowest BCUT2D eigenvalue weighted by Crippen LogP contribution is -2.12. The molecule has 0 aliphatic heterocycles. The minimum Gasteiger partial charge on any atom is -0.486 e. The van der Waals surface area contributed by atoms with Crippen LogP contribution in [0.5, 0.6) is 5.75 Å². The van der Waals surface area contributed by atoms with Gasteiger partial charge in [-0.05, 0) is 43.0 Å². The second-order valence-electron chi connectivity index (χ2n) is 5.42. The SMILES string of the molecule is Cc1ccc(-c2ccc(OCC(=O)C3CC3)cc2)cc1. The van der Waals surface area contributed by atoms with Crippen LogP contribution in [0.15, 0.2) is 48.5 Å². The van der Waals surface area contributed by atoms with Gasteiger partial charge in [0.05, 0.1) is 0 Å².